The minimum atomic E-state index is 0. The highest BCUT2D eigenvalue weighted by molar-refractivity contribution is 14.0. The molecule has 2 atom stereocenters. The monoisotopic (exact) mass is 391 g/mol. The van der Waals surface area contributed by atoms with Crippen molar-refractivity contribution in [1.29, 1.82) is 0 Å². The molecule has 0 radical (unpaired) electrons. The molecule has 3 fully saturated rings. The normalized spacial score (nSPS) is 31.5. The van der Waals surface area contributed by atoms with Gasteiger partial charge in [0, 0.05) is 26.2 Å². The van der Waals surface area contributed by atoms with E-state index in [0.29, 0.717) is 11.5 Å². The molecule has 3 rings (SSSR count). The molecule has 1 aliphatic heterocycles. The standard InChI is InChI=1S/C16H29N3.HI/c1-3-6-13-11-14(13)18-15(17-2)19-10-9-16(12-19)7-4-5-8-16;/h13-14H,3-12H2,1-2H3,(H,17,18);1H. The van der Waals surface area contributed by atoms with Gasteiger partial charge in [0.25, 0.3) is 0 Å². The van der Waals surface area contributed by atoms with E-state index in [1.807, 2.05) is 7.05 Å². The van der Waals surface area contributed by atoms with Crippen molar-refractivity contribution >= 4 is 29.9 Å². The Morgan fingerprint density at radius 1 is 1.30 bits per heavy atom. The third-order valence-electron chi connectivity index (χ3n) is 5.51. The van der Waals surface area contributed by atoms with E-state index in [2.05, 4.69) is 22.1 Å². The molecule has 0 aromatic heterocycles. The van der Waals surface area contributed by atoms with Crippen molar-refractivity contribution < 1.29 is 0 Å². The third kappa shape index (κ3) is 3.42. The van der Waals surface area contributed by atoms with Crippen LogP contribution in [0.4, 0.5) is 0 Å². The van der Waals surface area contributed by atoms with Gasteiger partial charge in [-0.1, -0.05) is 26.2 Å². The molecule has 1 heterocycles. The molecule has 4 heteroatoms. The lowest BCUT2D eigenvalue weighted by molar-refractivity contribution is 0.309. The van der Waals surface area contributed by atoms with Crippen LogP contribution in [0.3, 0.4) is 0 Å². The van der Waals surface area contributed by atoms with Crippen LogP contribution in [0.25, 0.3) is 0 Å². The summed E-state index contributed by atoms with van der Waals surface area (Å²) in [5.74, 6) is 2.08. The molecular weight excluding hydrogens is 361 g/mol. The first-order chi connectivity index (χ1) is 9.26. The maximum atomic E-state index is 4.53. The van der Waals surface area contributed by atoms with Crippen molar-refractivity contribution in [2.24, 2.45) is 16.3 Å². The molecule has 3 aliphatic rings. The summed E-state index contributed by atoms with van der Waals surface area (Å²) >= 11 is 0. The van der Waals surface area contributed by atoms with Crippen LogP contribution >= 0.6 is 24.0 Å². The maximum Gasteiger partial charge on any atom is 0.193 e. The molecule has 20 heavy (non-hydrogen) atoms. The Morgan fingerprint density at radius 2 is 2.05 bits per heavy atom. The van der Waals surface area contributed by atoms with E-state index in [0.717, 1.165) is 5.92 Å². The molecule has 2 saturated carbocycles. The Morgan fingerprint density at radius 3 is 2.70 bits per heavy atom. The molecule has 1 saturated heterocycles. The average Bonchev–Trinajstić information content (AvgIpc) is 2.85. The van der Waals surface area contributed by atoms with Crippen molar-refractivity contribution in [2.75, 3.05) is 20.1 Å². The van der Waals surface area contributed by atoms with E-state index in [1.54, 1.807) is 0 Å². The minimum absolute atomic E-state index is 0. The first-order valence-electron chi connectivity index (χ1n) is 8.24. The molecule has 116 valence electrons. The van der Waals surface area contributed by atoms with Crippen LogP contribution in [-0.4, -0.2) is 37.0 Å². The van der Waals surface area contributed by atoms with Gasteiger partial charge in [0.15, 0.2) is 5.96 Å². The van der Waals surface area contributed by atoms with Crippen LogP contribution in [0.1, 0.15) is 58.3 Å². The number of hydrogen-bond donors (Lipinski definition) is 1. The summed E-state index contributed by atoms with van der Waals surface area (Å²) in [7, 11) is 1.94. The summed E-state index contributed by atoms with van der Waals surface area (Å²) in [4.78, 5) is 7.05. The zero-order valence-electron chi connectivity index (χ0n) is 13.0. The fraction of sp³-hybridized carbons (Fsp3) is 0.938. The van der Waals surface area contributed by atoms with Gasteiger partial charge in [-0.05, 0) is 43.4 Å². The van der Waals surface area contributed by atoms with E-state index in [-0.39, 0.29) is 24.0 Å². The Balaban J connectivity index is 0.00000147. The lowest BCUT2D eigenvalue weighted by Crippen LogP contribution is -2.42. The summed E-state index contributed by atoms with van der Waals surface area (Å²) < 4.78 is 0. The second kappa shape index (κ2) is 6.84. The molecular formula is C16H30IN3. The maximum absolute atomic E-state index is 4.53. The van der Waals surface area contributed by atoms with Crippen molar-refractivity contribution in [3.05, 3.63) is 0 Å². The molecule has 0 aromatic rings. The quantitative estimate of drug-likeness (QED) is 0.452. The van der Waals surface area contributed by atoms with Gasteiger partial charge in [-0.25, -0.2) is 0 Å². The molecule has 2 unspecified atom stereocenters. The molecule has 0 amide bonds. The molecule has 1 spiro atoms. The lowest BCUT2D eigenvalue weighted by Gasteiger charge is -2.26. The Hall–Kier alpha value is 0. The van der Waals surface area contributed by atoms with Crippen LogP contribution in [0.15, 0.2) is 4.99 Å². The molecule has 2 aliphatic carbocycles. The third-order valence-corrected chi connectivity index (χ3v) is 5.51. The lowest BCUT2D eigenvalue weighted by atomic mass is 9.86. The van der Waals surface area contributed by atoms with E-state index >= 15 is 0 Å². The first kappa shape index (κ1) is 16.4. The van der Waals surface area contributed by atoms with Crippen LogP contribution in [0.2, 0.25) is 0 Å². The number of guanidine groups is 1. The van der Waals surface area contributed by atoms with Crippen LogP contribution in [0.5, 0.6) is 0 Å². The summed E-state index contributed by atoms with van der Waals surface area (Å²) in [6.07, 6.45) is 11.2. The predicted octanol–water partition coefficient (Wildman–Crippen LogP) is 3.63. The summed E-state index contributed by atoms with van der Waals surface area (Å²) in [5.41, 5.74) is 0.643. The van der Waals surface area contributed by atoms with Crippen molar-refractivity contribution in [3.63, 3.8) is 0 Å². The predicted molar refractivity (Wildman–Crippen MR) is 95.8 cm³/mol. The van der Waals surface area contributed by atoms with E-state index in [4.69, 9.17) is 0 Å². The number of nitrogens with one attached hydrogen (secondary N) is 1. The SMILES string of the molecule is CCCC1CC1NC(=NC)N1CCC2(CCCC2)C1.I. The number of halogens is 1. The minimum Gasteiger partial charge on any atom is -0.353 e. The fourth-order valence-electron chi connectivity index (χ4n) is 4.23. The molecule has 3 nitrogen and oxygen atoms in total. The van der Waals surface area contributed by atoms with Crippen LogP contribution < -0.4 is 5.32 Å². The second-order valence-corrected chi connectivity index (χ2v) is 6.96. The van der Waals surface area contributed by atoms with E-state index in [9.17, 15) is 0 Å². The number of nitrogens with zero attached hydrogens (tertiary/aromatic N) is 2. The Labute approximate surface area is 141 Å². The highest BCUT2D eigenvalue weighted by Crippen LogP contribution is 2.45. The fourth-order valence-corrected chi connectivity index (χ4v) is 4.23. The van der Waals surface area contributed by atoms with Crippen molar-refractivity contribution in [2.45, 2.75) is 64.3 Å². The van der Waals surface area contributed by atoms with Gasteiger partial charge in [-0.3, -0.25) is 4.99 Å². The smallest absolute Gasteiger partial charge is 0.193 e. The first-order valence-corrected chi connectivity index (χ1v) is 8.24. The Kier molecular flexibility index (Phi) is 5.60. The van der Waals surface area contributed by atoms with Gasteiger partial charge in [0.1, 0.15) is 0 Å². The van der Waals surface area contributed by atoms with Crippen molar-refractivity contribution in [3.8, 4) is 0 Å². The molecule has 0 aromatic carbocycles. The number of likely N-dealkylation sites (tertiary alicyclic amines) is 1. The average molecular weight is 391 g/mol. The van der Waals surface area contributed by atoms with Crippen LogP contribution in [-0.2, 0) is 0 Å². The van der Waals surface area contributed by atoms with Crippen LogP contribution in [0, 0.1) is 11.3 Å². The van der Waals surface area contributed by atoms with E-state index in [1.165, 1.54) is 70.4 Å². The number of aliphatic imine (C=N–C) groups is 1. The van der Waals surface area contributed by atoms with Gasteiger partial charge in [0.2, 0.25) is 0 Å². The highest BCUT2D eigenvalue weighted by Gasteiger charge is 2.43. The number of rotatable bonds is 3. The van der Waals surface area contributed by atoms with Gasteiger partial charge in [-0.15, -0.1) is 24.0 Å². The zero-order chi connectivity index (χ0) is 13.3. The zero-order valence-corrected chi connectivity index (χ0v) is 15.4. The van der Waals surface area contributed by atoms with Crippen molar-refractivity contribution in [1.82, 2.24) is 10.2 Å². The highest BCUT2D eigenvalue weighted by atomic mass is 127. The summed E-state index contributed by atoms with van der Waals surface area (Å²) in [6.45, 7) is 4.75. The number of hydrogen-bond acceptors (Lipinski definition) is 1. The van der Waals surface area contributed by atoms with Gasteiger partial charge in [0.05, 0.1) is 0 Å². The Bertz CT molecular complexity index is 350. The van der Waals surface area contributed by atoms with Gasteiger partial charge >= 0.3 is 0 Å². The van der Waals surface area contributed by atoms with E-state index < -0.39 is 0 Å². The largest absolute Gasteiger partial charge is 0.353 e. The molecule has 1 N–H and O–H groups in total. The van der Waals surface area contributed by atoms with Gasteiger partial charge < -0.3 is 10.2 Å². The van der Waals surface area contributed by atoms with Gasteiger partial charge in [-0.2, -0.15) is 0 Å². The second-order valence-electron chi connectivity index (χ2n) is 6.96. The molecule has 0 bridgehead atoms. The summed E-state index contributed by atoms with van der Waals surface area (Å²) in [5, 5.41) is 3.70. The topological polar surface area (TPSA) is 27.6 Å². The summed E-state index contributed by atoms with van der Waals surface area (Å²) in [6, 6.07) is 0.707.